The molecule has 0 spiro atoms. The van der Waals surface area contributed by atoms with Gasteiger partial charge in [0.2, 0.25) is 0 Å². The number of aliphatic imine (C=N–C) groups is 1. The molecular weight excluding hydrogens is 164 g/mol. The normalized spacial score (nSPS) is 12.9. The largest absolute Gasteiger partial charge is 0.387 e. The lowest BCUT2D eigenvalue weighted by atomic mass is 10.2. The predicted octanol–water partition coefficient (Wildman–Crippen LogP) is 1.67. The Morgan fingerprint density at radius 2 is 1.92 bits per heavy atom. The van der Waals surface area contributed by atoms with Crippen molar-refractivity contribution in [2.45, 2.75) is 27.7 Å². The third-order valence-electron chi connectivity index (χ3n) is 1.57. The van der Waals surface area contributed by atoms with Crippen molar-refractivity contribution in [1.82, 2.24) is 0 Å². The van der Waals surface area contributed by atoms with Gasteiger partial charge in [0.25, 0.3) is 0 Å². The minimum atomic E-state index is 0.338. The molecule has 0 saturated heterocycles. The molecule has 0 aromatic heterocycles. The van der Waals surface area contributed by atoms with Gasteiger partial charge in [-0.2, -0.15) is 0 Å². The van der Waals surface area contributed by atoms with Crippen molar-refractivity contribution < 1.29 is 4.74 Å². The average molecular weight is 186 g/mol. The summed E-state index contributed by atoms with van der Waals surface area (Å²) in [6.45, 7) is 10.5. The molecule has 13 heavy (non-hydrogen) atoms. The highest BCUT2D eigenvalue weighted by atomic mass is 16.5. The van der Waals surface area contributed by atoms with Crippen molar-refractivity contribution in [3.8, 4) is 0 Å². The van der Waals surface area contributed by atoms with Gasteiger partial charge in [0.05, 0.1) is 19.0 Å². The number of hydrogen-bond donors (Lipinski definition) is 1. The summed E-state index contributed by atoms with van der Waals surface area (Å²) in [6.07, 6.45) is 0. The molecule has 0 aliphatic carbocycles. The zero-order valence-corrected chi connectivity index (χ0v) is 9.21. The number of amidine groups is 1. The lowest BCUT2D eigenvalue weighted by molar-refractivity contribution is 0.117. The fourth-order valence-electron chi connectivity index (χ4n) is 0.741. The molecule has 3 heteroatoms. The molecule has 0 saturated carbocycles. The Balaban J connectivity index is 3.39. The molecular formula is C10H22N2O. The first-order chi connectivity index (χ1) is 6.04. The third-order valence-corrected chi connectivity index (χ3v) is 1.57. The molecule has 78 valence electrons. The maximum Gasteiger partial charge on any atom is 0.0963 e. The fraction of sp³-hybridized carbons (Fsp3) is 0.900. The highest BCUT2D eigenvalue weighted by Gasteiger charge is 1.97. The number of rotatable bonds is 6. The molecule has 0 aliphatic heterocycles. The smallest absolute Gasteiger partial charge is 0.0963 e. The second kappa shape index (κ2) is 6.89. The third kappa shape index (κ3) is 7.78. The number of nitrogens with two attached hydrogens (primary N) is 1. The van der Waals surface area contributed by atoms with Gasteiger partial charge in [-0.25, -0.2) is 0 Å². The van der Waals surface area contributed by atoms with E-state index >= 15 is 0 Å². The van der Waals surface area contributed by atoms with E-state index in [1.54, 1.807) is 0 Å². The van der Waals surface area contributed by atoms with Crippen LogP contribution in [0.2, 0.25) is 0 Å². The van der Waals surface area contributed by atoms with E-state index in [1.807, 2.05) is 13.8 Å². The first-order valence-corrected chi connectivity index (χ1v) is 4.91. The van der Waals surface area contributed by atoms with E-state index in [9.17, 15) is 0 Å². The van der Waals surface area contributed by atoms with Gasteiger partial charge in [-0.15, -0.1) is 0 Å². The monoisotopic (exact) mass is 186 g/mol. The van der Waals surface area contributed by atoms with E-state index in [-0.39, 0.29) is 0 Å². The number of hydrogen-bond acceptors (Lipinski definition) is 2. The van der Waals surface area contributed by atoms with Gasteiger partial charge in [-0.3, -0.25) is 4.99 Å². The topological polar surface area (TPSA) is 47.6 Å². The van der Waals surface area contributed by atoms with Gasteiger partial charge in [0, 0.05) is 12.5 Å². The SMILES string of the molecule is CC(C)COCCN=C(N)C(C)C. The van der Waals surface area contributed by atoms with Crippen molar-refractivity contribution >= 4 is 5.84 Å². The van der Waals surface area contributed by atoms with Gasteiger partial charge >= 0.3 is 0 Å². The van der Waals surface area contributed by atoms with Crippen LogP contribution >= 0.6 is 0 Å². The Labute approximate surface area is 81.4 Å². The predicted molar refractivity (Wildman–Crippen MR) is 57.0 cm³/mol. The molecule has 0 radical (unpaired) electrons. The van der Waals surface area contributed by atoms with Crippen LogP contribution in [0.4, 0.5) is 0 Å². The van der Waals surface area contributed by atoms with Crippen LogP contribution in [0.25, 0.3) is 0 Å². The van der Waals surface area contributed by atoms with Crippen molar-refractivity contribution in [3.63, 3.8) is 0 Å². The van der Waals surface area contributed by atoms with Crippen molar-refractivity contribution in [2.24, 2.45) is 22.6 Å². The summed E-state index contributed by atoms with van der Waals surface area (Å²) in [5.41, 5.74) is 5.65. The average Bonchev–Trinajstić information content (AvgIpc) is 2.02. The van der Waals surface area contributed by atoms with Crippen LogP contribution in [0.1, 0.15) is 27.7 Å². The Kier molecular flexibility index (Phi) is 6.59. The van der Waals surface area contributed by atoms with E-state index < -0.39 is 0 Å². The van der Waals surface area contributed by atoms with E-state index in [0.717, 1.165) is 6.61 Å². The summed E-state index contributed by atoms with van der Waals surface area (Å²) < 4.78 is 5.36. The van der Waals surface area contributed by atoms with Crippen molar-refractivity contribution in [3.05, 3.63) is 0 Å². The molecule has 0 heterocycles. The van der Waals surface area contributed by atoms with Crippen LogP contribution in [-0.2, 0) is 4.74 Å². The highest BCUT2D eigenvalue weighted by molar-refractivity contribution is 5.82. The molecule has 0 aliphatic rings. The number of nitrogens with zero attached hydrogens (tertiary/aromatic N) is 1. The summed E-state index contributed by atoms with van der Waals surface area (Å²) in [7, 11) is 0. The Bertz CT molecular complexity index is 153. The van der Waals surface area contributed by atoms with Crippen LogP contribution in [0.15, 0.2) is 4.99 Å². The molecule has 0 aromatic rings. The zero-order valence-electron chi connectivity index (χ0n) is 9.21. The van der Waals surface area contributed by atoms with Gasteiger partial charge in [-0.05, 0) is 5.92 Å². The van der Waals surface area contributed by atoms with E-state index in [4.69, 9.17) is 10.5 Å². The summed E-state index contributed by atoms with van der Waals surface area (Å²) in [6, 6.07) is 0. The summed E-state index contributed by atoms with van der Waals surface area (Å²) in [4.78, 5) is 4.19. The minimum Gasteiger partial charge on any atom is -0.387 e. The van der Waals surface area contributed by atoms with Crippen LogP contribution in [0, 0.1) is 11.8 Å². The van der Waals surface area contributed by atoms with E-state index in [0.29, 0.717) is 30.8 Å². The second-order valence-electron chi connectivity index (χ2n) is 3.93. The lowest BCUT2D eigenvalue weighted by Gasteiger charge is -2.06. The molecule has 0 bridgehead atoms. The van der Waals surface area contributed by atoms with Gasteiger partial charge in [0.1, 0.15) is 0 Å². The number of ether oxygens (including phenoxy) is 1. The fourth-order valence-corrected chi connectivity index (χ4v) is 0.741. The van der Waals surface area contributed by atoms with Crippen molar-refractivity contribution in [2.75, 3.05) is 19.8 Å². The molecule has 2 N–H and O–H groups in total. The van der Waals surface area contributed by atoms with Gasteiger partial charge in [-0.1, -0.05) is 27.7 Å². The Morgan fingerprint density at radius 1 is 1.31 bits per heavy atom. The van der Waals surface area contributed by atoms with Crippen LogP contribution in [0.5, 0.6) is 0 Å². The highest BCUT2D eigenvalue weighted by Crippen LogP contribution is 1.93. The second-order valence-corrected chi connectivity index (χ2v) is 3.93. The molecule has 0 atom stereocenters. The van der Waals surface area contributed by atoms with Gasteiger partial charge < -0.3 is 10.5 Å². The molecule has 0 aromatic carbocycles. The standard InChI is InChI=1S/C10H22N2O/c1-8(2)7-13-6-5-12-10(11)9(3)4/h8-9H,5-7H2,1-4H3,(H2,11,12). The summed E-state index contributed by atoms with van der Waals surface area (Å²) in [5.74, 6) is 1.64. The zero-order chi connectivity index (χ0) is 10.3. The quantitative estimate of drug-likeness (QED) is 0.390. The van der Waals surface area contributed by atoms with E-state index in [1.165, 1.54) is 0 Å². The maximum absolute atomic E-state index is 5.65. The summed E-state index contributed by atoms with van der Waals surface area (Å²) >= 11 is 0. The minimum absolute atomic E-state index is 0.338. The molecule has 3 nitrogen and oxygen atoms in total. The first-order valence-electron chi connectivity index (χ1n) is 4.91. The maximum atomic E-state index is 5.65. The van der Waals surface area contributed by atoms with Crippen LogP contribution < -0.4 is 5.73 Å². The molecule has 0 rings (SSSR count). The molecule has 0 amide bonds. The first kappa shape index (κ1) is 12.4. The van der Waals surface area contributed by atoms with Crippen molar-refractivity contribution in [1.29, 1.82) is 0 Å². The van der Waals surface area contributed by atoms with Crippen LogP contribution in [0.3, 0.4) is 0 Å². The molecule has 0 unspecified atom stereocenters. The van der Waals surface area contributed by atoms with Gasteiger partial charge in [0.15, 0.2) is 0 Å². The summed E-state index contributed by atoms with van der Waals surface area (Å²) in [5, 5.41) is 0. The van der Waals surface area contributed by atoms with E-state index in [2.05, 4.69) is 18.8 Å². The Morgan fingerprint density at radius 3 is 2.38 bits per heavy atom. The molecule has 0 fully saturated rings. The van der Waals surface area contributed by atoms with Crippen LogP contribution in [-0.4, -0.2) is 25.6 Å². The lowest BCUT2D eigenvalue weighted by Crippen LogP contribution is -2.20. The Hall–Kier alpha value is -0.570.